The van der Waals surface area contributed by atoms with Gasteiger partial charge >= 0.3 is 0 Å². The molecule has 0 radical (unpaired) electrons. The van der Waals surface area contributed by atoms with Crippen molar-refractivity contribution in [2.75, 3.05) is 13.1 Å². The summed E-state index contributed by atoms with van der Waals surface area (Å²) >= 11 is 8.46. The van der Waals surface area contributed by atoms with E-state index in [0.717, 1.165) is 30.5 Å². The highest BCUT2D eigenvalue weighted by Crippen LogP contribution is 2.14. The van der Waals surface area contributed by atoms with E-state index in [4.69, 9.17) is 18.0 Å². The summed E-state index contributed by atoms with van der Waals surface area (Å²) in [5.41, 5.74) is 6.90. The molecule has 0 bridgehead atoms. The van der Waals surface area contributed by atoms with E-state index in [1.807, 2.05) is 6.07 Å². The zero-order valence-electron chi connectivity index (χ0n) is 11.0. The van der Waals surface area contributed by atoms with E-state index in [2.05, 4.69) is 52.9 Å². The zero-order chi connectivity index (χ0) is 13.5. The van der Waals surface area contributed by atoms with Crippen LogP contribution in [0.1, 0.15) is 25.8 Å². The lowest BCUT2D eigenvalue weighted by molar-refractivity contribution is 0.243. The van der Waals surface area contributed by atoms with Gasteiger partial charge in [0.05, 0.1) is 4.99 Å². The quantitative estimate of drug-likeness (QED) is 0.775. The Morgan fingerprint density at radius 1 is 1.44 bits per heavy atom. The highest BCUT2D eigenvalue weighted by Gasteiger charge is 2.09. The topological polar surface area (TPSA) is 29.3 Å². The molecule has 4 heteroatoms. The predicted molar refractivity (Wildman–Crippen MR) is 85.7 cm³/mol. The van der Waals surface area contributed by atoms with E-state index in [1.165, 1.54) is 5.56 Å². The number of hydrogen-bond donors (Lipinski definition) is 1. The number of benzene rings is 1. The van der Waals surface area contributed by atoms with Crippen LogP contribution in [0.5, 0.6) is 0 Å². The minimum Gasteiger partial charge on any atom is -0.393 e. The zero-order valence-corrected chi connectivity index (χ0v) is 13.4. The van der Waals surface area contributed by atoms with Crippen molar-refractivity contribution in [3.63, 3.8) is 0 Å². The van der Waals surface area contributed by atoms with Gasteiger partial charge in [-0.1, -0.05) is 54.1 Å². The normalized spacial score (nSPS) is 11.2. The van der Waals surface area contributed by atoms with Gasteiger partial charge in [-0.15, -0.1) is 0 Å². The van der Waals surface area contributed by atoms with Gasteiger partial charge in [-0.2, -0.15) is 0 Å². The monoisotopic (exact) mass is 328 g/mol. The molecule has 0 aliphatic carbocycles. The fourth-order valence-corrected chi connectivity index (χ4v) is 2.45. The molecule has 0 saturated carbocycles. The second-order valence-corrected chi connectivity index (χ2v) is 6.42. The summed E-state index contributed by atoms with van der Waals surface area (Å²) in [6, 6.07) is 8.43. The average molecular weight is 329 g/mol. The third kappa shape index (κ3) is 6.47. The van der Waals surface area contributed by atoms with Crippen LogP contribution in [0, 0.1) is 5.92 Å². The molecule has 18 heavy (non-hydrogen) atoms. The average Bonchev–Trinajstić information content (AvgIpc) is 2.25. The molecule has 0 amide bonds. The highest BCUT2D eigenvalue weighted by atomic mass is 79.9. The van der Waals surface area contributed by atoms with Gasteiger partial charge in [0.25, 0.3) is 0 Å². The molecule has 0 aliphatic rings. The van der Waals surface area contributed by atoms with Crippen LogP contribution in [0.4, 0.5) is 0 Å². The van der Waals surface area contributed by atoms with Crippen molar-refractivity contribution in [1.29, 1.82) is 0 Å². The second-order valence-electron chi connectivity index (χ2n) is 4.98. The Balaban J connectivity index is 2.62. The summed E-state index contributed by atoms with van der Waals surface area (Å²) in [5.74, 6) is 0.642. The van der Waals surface area contributed by atoms with Crippen molar-refractivity contribution < 1.29 is 0 Å². The minimum absolute atomic E-state index is 0.595. The fourth-order valence-electron chi connectivity index (χ4n) is 1.91. The summed E-state index contributed by atoms with van der Waals surface area (Å²) < 4.78 is 1.12. The van der Waals surface area contributed by atoms with Gasteiger partial charge in [0.15, 0.2) is 0 Å². The van der Waals surface area contributed by atoms with Crippen LogP contribution >= 0.6 is 28.1 Å². The number of nitrogens with zero attached hydrogens (tertiary/aromatic N) is 1. The smallest absolute Gasteiger partial charge is 0.0740 e. The first-order chi connectivity index (χ1) is 8.47. The number of halogens is 1. The number of nitrogens with two attached hydrogens (primary N) is 1. The molecule has 1 rings (SSSR count). The molecule has 0 atom stereocenters. The third-order valence-electron chi connectivity index (χ3n) is 2.59. The van der Waals surface area contributed by atoms with Crippen LogP contribution < -0.4 is 5.73 Å². The van der Waals surface area contributed by atoms with Crippen molar-refractivity contribution in [3.8, 4) is 0 Å². The van der Waals surface area contributed by atoms with Crippen LogP contribution in [-0.4, -0.2) is 23.0 Å². The van der Waals surface area contributed by atoms with Crippen LogP contribution in [0.2, 0.25) is 0 Å². The van der Waals surface area contributed by atoms with Gasteiger partial charge in [-0.25, -0.2) is 0 Å². The Bertz CT molecular complexity index is 393. The van der Waals surface area contributed by atoms with Gasteiger partial charge in [0.2, 0.25) is 0 Å². The molecule has 1 aromatic rings. The number of hydrogen-bond acceptors (Lipinski definition) is 2. The van der Waals surface area contributed by atoms with Crippen molar-refractivity contribution in [2.24, 2.45) is 11.7 Å². The Morgan fingerprint density at radius 2 is 2.17 bits per heavy atom. The molecule has 2 N–H and O–H groups in total. The molecule has 2 nitrogen and oxygen atoms in total. The summed E-state index contributed by atoms with van der Waals surface area (Å²) in [5, 5.41) is 0. The van der Waals surface area contributed by atoms with Gasteiger partial charge in [0.1, 0.15) is 0 Å². The van der Waals surface area contributed by atoms with Crippen LogP contribution in [0.25, 0.3) is 0 Å². The maximum atomic E-state index is 5.59. The summed E-state index contributed by atoms with van der Waals surface area (Å²) in [6.45, 7) is 7.40. The SMILES string of the molecule is CC(C)CN(CCC(N)=S)Cc1cccc(Br)c1. The Morgan fingerprint density at radius 3 is 2.72 bits per heavy atom. The number of thiocarbonyl (C=S) groups is 1. The first-order valence-electron chi connectivity index (χ1n) is 6.22. The van der Waals surface area contributed by atoms with E-state index in [0.29, 0.717) is 10.9 Å². The summed E-state index contributed by atoms with van der Waals surface area (Å²) in [4.78, 5) is 3.00. The van der Waals surface area contributed by atoms with E-state index in [-0.39, 0.29) is 0 Å². The molecule has 0 aliphatic heterocycles. The molecule has 0 heterocycles. The highest BCUT2D eigenvalue weighted by molar-refractivity contribution is 9.10. The Kier molecular flexibility index (Phi) is 6.82. The maximum Gasteiger partial charge on any atom is 0.0740 e. The van der Waals surface area contributed by atoms with Gasteiger partial charge < -0.3 is 5.73 Å². The van der Waals surface area contributed by atoms with E-state index < -0.39 is 0 Å². The molecule has 100 valence electrons. The standard InChI is InChI=1S/C14H21BrN2S/c1-11(2)9-17(7-6-14(16)18)10-12-4-3-5-13(15)8-12/h3-5,8,11H,6-7,9-10H2,1-2H3,(H2,16,18). The van der Waals surface area contributed by atoms with Crippen molar-refractivity contribution in [2.45, 2.75) is 26.8 Å². The van der Waals surface area contributed by atoms with E-state index in [1.54, 1.807) is 0 Å². The second kappa shape index (κ2) is 7.87. The molecule has 0 spiro atoms. The lowest BCUT2D eigenvalue weighted by Gasteiger charge is -2.24. The summed E-state index contributed by atoms with van der Waals surface area (Å²) in [6.07, 6.45) is 0.788. The van der Waals surface area contributed by atoms with Crippen LogP contribution in [0.15, 0.2) is 28.7 Å². The molecule has 0 unspecified atom stereocenters. The van der Waals surface area contributed by atoms with Crippen LogP contribution in [0.3, 0.4) is 0 Å². The Hall–Kier alpha value is -0.450. The van der Waals surface area contributed by atoms with E-state index in [9.17, 15) is 0 Å². The lowest BCUT2D eigenvalue weighted by atomic mass is 10.1. The largest absolute Gasteiger partial charge is 0.393 e. The third-order valence-corrected chi connectivity index (χ3v) is 3.29. The van der Waals surface area contributed by atoms with Gasteiger partial charge in [-0.05, 0) is 23.6 Å². The molecule has 0 fully saturated rings. The molecular weight excluding hydrogens is 308 g/mol. The number of rotatable bonds is 7. The van der Waals surface area contributed by atoms with Crippen molar-refractivity contribution >= 4 is 33.1 Å². The van der Waals surface area contributed by atoms with Crippen molar-refractivity contribution in [1.82, 2.24) is 4.90 Å². The molecule has 0 aromatic heterocycles. The minimum atomic E-state index is 0.595. The maximum absolute atomic E-state index is 5.59. The summed E-state index contributed by atoms with van der Waals surface area (Å²) in [7, 11) is 0. The molecule has 1 aromatic carbocycles. The first-order valence-corrected chi connectivity index (χ1v) is 7.42. The fraction of sp³-hybridized carbons (Fsp3) is 0.500. The van der Waals surface area contributed by atoms with Gasteiger partial charge in [-0.3, -0.25) is 4.90 Å². The molecular formula is C14H21BrN2S. The first kappa shape index (κ1) is 15.6. The lowest BCUT2D eigenvalue weighted by Crippen LogP contribution is -2.30. The van der Waals surface area contributed by atoms with E-state index >= 15 is 0 Å². The molecule has 0 saturated heterocycles. The van der Waals surface area contributed by atoms with Crippen LogP contribution in [-0.2, 0) is 6.54 Å². The van der Waals surface area contributed by atoms with Gasteiger partial charge in [0, 0.05) is 30.5 Å². The predicted octanol–water partition coefficient (Wildman–Crippen LogP) is 3.58. The van der Waals surface area contributed by atoms with Crippen molar-refractivity contribution in [3.05, 3.63) is 34.3 Å². The Labute approximate surface area is 124 Å².